The van der Waals surface area contributed by atoms with Crippen LogP contribution in [-0.2, 0) is 15.1 Å². The zero-order valence-corrected chi connectivity index (χ0v) is 12.8. The Balaban J connectivity index is 2.96. The second kappa shape index (κ2) is 7.72. The largest absolute Gasteiger partial charge is 0.442 e. The summed E-state index contributed by atoms with van der Waals surface area (Å²) < 4.78 is 5.44. The van der Waals surface area contributed by atoms with Crippen molar-refractivity contribution in [3.8, 4) is 11.8 Å². The third-order valence-corrected chi connectivity index (χ3v) is 3.20. The van der Waals surface area contributed by atoms with E-state index in [0.29, 0.717) is 6.54 Å². The summed E-state index contributed by atoms with van der Waals surface area (Å²) in [5.41, 5.74) is 0.00232. The second-order valence-electron chi connectivity index (χ2n) is 4.76. The molecule has 0 aliphatic heterocycles. The average Bonchev–Trinajstić information content (AvgIpc) is 2.44. The van der Waals surface area contributed by atoms with E-state index in [2.05, 4.69) is 30.6 Å². The van der Waals surface area contributed by atoms with E-state index in [4.69, 9.17) is 4.74 Å². The topological polar surface area (TPSA) is 29.5 Å². The van der Waals surface area contributed by atoms with Crippen LogP contribution >= 0.6 is 0 Å². The molecule has 1 aromatic carbocycles. The van der Waals surface area contributed by atoms with Crippen LogP contribution in [0.1, 0.15) is 33.3 Å². The van der Waals surface area contributed by atoms with Crippen LogP contribution in [0.25, 0.3) is 0 Å². The summed E-state index contributed by atoms with van der Waals surface area (Å²) in [5.74, 6) is 5.91. The molecule has 0 fully saturated rings. The van der Waals surface area contributed by atoms with E-state index < -0.39 is 5.60 Å². The van der Waals surface area contributed by atoms with Gasteiger partial charge in [0.2, 0.25) is 0 Å². The zero-order valence-electron chi connectivity index (χ0n) is 12.8. The molecule has 3 nitrogen and oxygen atoms in total. The highest BCUT2D eigenvalue weighted by Gasteiger charge is 2.27. The predicted octanol–water partition coefficient (Wildman–Crippen LogP) is 2.81. The summed E-state index contributed by atoms with van der Waals surface area (Å²) in [6, 6.07) is 9.62. The molecule has 20 heavy (non-hydrogen) atoms. The van der Waals surface area contributed by atoms with Gasteiger partial charge in [0.05, 0.1) is 6.54 Å². The van der Waals surface area contributed by atoms with Crippen molar-refractivity contribution in [2.75, 3.05) is 19.6 Å². The molecule has 0 saturated heterocycles. The van der Waals surface area contributed by atoms with Gasteiger partial charge in [0, 0.05) is 12.5 Å². The molecule has 0 saturated carbocycles. The molecule has 0 amide bonds. The van der Waals surface area contributed by atoms with Crippen molar-refractivity contribution >= 4 is 5.97 Å². The number of rotatable bonds is 5. The lowest BCUT2D eigenvalue weighted by molar-refractivity contribution is -0.151. The molecule has 0 aromatic heterocycles. The van der Waals surface area contributed by atoms with Gasteiger partial charge in [0.1, 0.15) is 0 Å². The lowest BCUT2D eigenvalue weighted by Crippen LogP contribution is -2.27. The quantitative estimate of drug-likeness (QED) is 0.610. The minimum Gasteiger partial charge on any atom is -0.442 e. The number of carbonyl (C=O) groups is 1. The Bertz CT molecular complexity index is 483. The molecule has 0 unspecified atom stereocenters. The highest BCUT2D eigenvalue weighted by Crippen LogP contribution is 2.24. The molecule has 1 atom stereocenters. The predicted molar refractivity (Wildman–Crippen MR) is 81.1 cm³/mol. The van der Waals surface area contributed by atoms with Crippen molar-refractivity contribution < 1.29 is 9.53 Å². The van der Waals surface area contributed by atoms with Gasteiger partial charge >= 0.3 is 5.97 Å². The molecule has 0 aliphatic carbocycles. The van der Waals surface area contributed by atoms with E-state index in [1.54, 1.807) is 0 Å². The van der Waals surface area contributed by atoms with Gasteiger partial charge in [0.15, 0.2) is 5.60 Å². The molecule has 0 bridgehead atoms. The Hall–Kier alpha value is -1.79. The molecule has 0 N–H and O–H groups in total. The van der Waals surface area contributed by atoms with Crippen molar-refractivity contribution in [2.45, 2.75) is 33.3 Å². The monoisotopic (exact) mass is 273 g/mol. The normalized spacial score (nSPS) is 13.2. The van der Waals surface area contributed by atoms with Crippen molar-refractivity contribution in [2.24, 2.45) is 0 Å². The molecular weight excluding hydrogens is 250 g/mol. The number of esters is 1. The number of hydrogen-bond acceptors (Lipinski definition) is 3. The van der Waals surface area contributed by atoms with Crippen LogP contribution in [0.15, 0.2) is 30.3 Å². The molecule has 1 rings (SSSR count). The van der Waals surface area contributed by atoms with Crippen LogP contribution in [0.4, 0.5) is 0 Å². The standard InChI is InChI=1S/C17H23NO2/c1-5-18(6-2)14-10-13-17(4,20-15(3)19)16-11-8-7-9-12-16/h7-9,11-12H,5-6,14H2,1-4H3/t17-/m1/s1. The maximum Gasteiger partial charge on any atom is 0.304 e. The Morgan fingerprint density at radius 3 is 2.35 bits per heavy atom. The molecule has 0 aliphatic rings. The van der Waals surface area contributed by atoms with Crippen molar-refractivity contribution in [1.29, 1.82) is 0 Å². The maximum atomic E-state index is 11.3. The molecule has 0 radical (unpaired) electrons. The van der Waals surface area contributed by atoms with Crippen LogP contribution in [-0.4, -0.2) is 30.5 Å². The second-order valence-corrected chi connectivity index (χ2v) is 4.76. The first kappa shape index (κ1) is 16.3. The van der Waals surface area contributed by atoms with Crippen LogP contribution < -0.4 is 0 Å². The van der Waals surface area contributed by atoms with E-state index in [9.17, 15) is 4.79 Å². The summed E-state index contributed by atoms with van der Waals surface area (Å²) in [6.07, 6.45) is 0. The lowest BCUT2D eigenvalue weighted by Gasteiger charge is -2.24. The third-order valence-electron chi connectivity index (χ3n) is 3.20. The molecular formula is C17H23NO2. The van der Waals surface area contributed by atoms with Crippen molar-refractivity contribution in [1.82, 2.24) is 4.90 Å². The van der Waals surface area contributed by atoms with E-state index in [1.165, 1.54) is 6.92 Å². The molecule has 0 heterocycles. The Morgan fingerprint density at radius 1 is 1.25 bits per heavy atom. The first-order chi connectivity index (χ1) is 9.51. The minimum atomic E-state index is -0.889. The Morgan fingerprint density at radius 2 is 1.85 bits per heavy atom. The third kappa shape index (κ3) is 4.71. The van der Waals surface area contributed by atoms with Gasteiger partial charge in [-0.3, -0.25) is 9.69 Å². The summed E-state index contributed by atoms with van der Waals surface area (Å²) >= 11 is 0. The number of benzene rings is 1. The van der Waals surface area contributed by atoms with Crippen LogP contribution in [0, 0.1) is 11.8 Å². The fourth-order valence-electron chi connectivity index (χ4n) is 1.97. The number of nitrogens with zero attached hydrogens (tertiary/aromatic N) is 1. The SMILES string of the molecule is CCN(CC)CC#C[C@@](C)(OC(C)=O)c1ccccc1. The summed E-state index contributed by atoms with van der Waals surface area (Å²) in [6.45, 7) is 10.0. The van der Waals surface area contributed by atoms with Crippen LogP contribution in [0.5, 0.6) is 0 Å². The fraction of sp³-hybridized carbons (Fsp3) is 0.471. The summed E-state index contributed by atoms with van der Waals surface area (Å²) in [4.78, 5) is 13.6. The smallest absolute Gasteiger partial charge is 0.304 e. The zero-order chi connectivity index (χ0) is 15.0. The van der Waals surface area contributed by atoms with Crippen LogP contribution in [0.3, 0.4) is 0 Å². The fourth-order valence-corrected chi connectivity index (χ4v) is 1.97. The molecule has 108 valence electrons. The molecule has 3 heteroatoms. The van der Waals surface area contributed by atoms with Gasteiger partial charge in [-0.25, -0.2) is 0 Å². The highest BCUT2D eigenvalue weighted by molar-refractivity contribution is 5.67. The summed E-state index contributed by atoms with van der Waals surface area (Å²) in [7, 11) is 0. The number of carbonyl (C=O) groups excluding carboxylic acids is 1. The first-order valence-corrected chi connectivity index (χ1v) is 6.99. The molecule has 1 aromatic rings. The van der Waals surface area contributed by atoms with Gasteiger partial charge in [-0.2, -0.15) is 0 Å². The maximum absolute atomic E-state index is 11.3. The highest BCUT2D eigenvalue weighted by atomic mass is 16.6. The van der Waals surface area contributed by atoms with E-state index in [0.717, 1.165) is 18.7 Å². The number of hydrogen-bond donors (Lipinski definition) is 0. The van der Waals surface area contributed by atoms with Gasteiger partial charge in [-0.15, -0.1) is 0 Å². The van der Waals surface area contributed by atoms with E-state index >= 15 is 0 Å². The van der Waals surface area contributed by atoms with Crippen molar-refractivity contribution in [3.05, 3.63) is 35.9 Å². The van der Waals surface area contributed by atoms with Crippen LogP contribution in [0.2, 0.25) is 0 Å². The first-order valence-electron chi connectivity index (χ1n) is 6.99. The van der Waals surface area contributed by atoms with Crippen molar-refractivity contribution in [3.63, 3.8) is 0 Å². The Labute approximate surface area is 121 Å². The average molecular weight is 273 g/mol. The summed E-state index contributed by atoms with van der Waals surface area (Å²) in [5, 5.41) is 0. The van der Waals surface area contributed by atoms with Gasteiger partial charge < -0.3 is 4.74 Å². The van der Waals surface area contributed by atoms with E-state index in [-0.39, 0.29) is 5.97 Å². The number of ether oxygens (including phenoxy) is 1. The van der Waals surface area contributed by atoms with Gasteiger partial charge in [-0.1, -0.05) is 50.1 Å². The molecule has 0 spiro atoms. The minimum absolute atomic E-state index is 0.325. The Kier molecular flexibility index (Phi) is 6.27. The lowest BCUT2D eigenvalue weighted by atomic mass is 9.96. The van der Waals surface area contributed by atoms with Gasteiger partial charge in [-0.05, 0) is 25.9 Å². The van der Waals surface area contributed by atoms with Gasteiger partial charge in [0.25, 0.3) is 0 Å². The van der Waals surface area contributed by atoms with E-state index in [1.807, 2.05) is 37.3 Å².